The maximum absolute atomic E-state index is 12.8. The molecule has 1 atom stereocenters. The highest BCUT2D eigenvalue weighted by molar-refractivity contribution is 7.91. The fraction of sp³-hybridized carbons (Fsp3) is 0.720. The van der Waals surface area contributed by atoms with E-state index in [1.165, 1.54) is 6.26 Å². The molecule has 0 radical (unpaired) electrons. The van der Waals surface area contributed by atoms with Gasteiger partial charge in [0.1, 0.15) is 0 Å². The van der Waals surface area contributed by atoms with Crippen molar-refractivity contribution in [2.24, 2.45) is 0 Å². The van der Waals surface area contributed by atoms with Gasteiger partial charge in [-0.05, 0) is 62.8 Å². The third-order valence-corrected chi connectivity index (χ3v) is 9.80. The third-order valence-electron chi connectivity index (χ3n) is 8.20. The number of aryl methyl sites for hydroxylation is 1. The van der Waals surface area contributed by atoms with Gasteiger partial charge in [0.15, 0.2) is 9.84 Å². The van der Waals surface area contributed by atoms with Crippen molar-refractivity contribution in [3.05, 3.63) is 29.3 Å². The SMILES string of the molecule is Cc1ccc(CN2CCCC23CCN(C(=O)OC(C(F)(F)F)C(F)(F)F)CC3)c(N2CCC(S(C)(=O)=O)C2)c1. The first-order valence-electron chi connectivity index (χ1n) is 12.9. The molecule has 0 bridgehead atoms. The van der Waals surface area contributed by atoms with Crippen molar-refractivity contribution >= 4 is 21.6 Å². The van der Waals surface area contributed by atoms with Crippen LogP contribution in [0.15, 0.2) is 18.2 Å². The predicted molar refractivity (Wildman–Crippen MR) is 132 cm³/mol. The number of anilines is 1. The van der Waals surface area contributed by atoms with E-state index in [9.17, 15) is 39.6 Å². The molecule has 0 aliphatic carbocycles. The second-order valence-electron chi connectivity index (χ2n) is 10.9. The van der Waals surface area contributed by atoms with E-state index in [1.54, 1.807) is 0 Å². The van der Waals surface area contributed by atoms with Gasteiger partial charge in [0, 0.05) is 50.2 Å². The van der Waals surface area contributed by atoms with E-state index in [0.29, 0.717) is 38.9 Å². The van der Waals surface area contributed by atoms with Gasteiger partial charge in [0.25, 0.3) is 6.10 Å². The van der Waals surface area contributed by atoms with Crippen molar-refractivity contribution in [3.8, 4) is 0 Å². The van der Waals surface area contributed by atoms with Gasteiger partial charge in [-0.1, -0.05) is 12.1 Å². The van der Waals surface area contributed by atoms with E-state index >= 15 is 0 Å². The Morgan fingerprint density at radius 2 is 1.69 bits per heavy atom. The van der Waals surface area contributed by atoms with Crippen LogP contribution >= 0.6 is 0 Å². The minimum absolute atomic E-state index is 0.0132. The van der Waals surface area contributed by atoms with Crippen LogP contribution in [0.5, 0.6) is 0 Å². The minimum atomic E-state index is -5.75. The Morgan fingerprint density at radius 3 is 2.26 bits per heavy atom. The summed E-state index contributed by atoms with van der Waals surface area (Å²) in [5, 5.41) is -0.428. The van der Waals surface area contributed by atoms with Gasteiger partial charge in [-0.15, -0.1) is 0 Å². The monoisotopic (exact) mass is 585 g/mol. The number of likely N-dealkylation sites (tertiary alicyclic amines) is 2. The molecule has 3 aliphatic rings. The second-order valence-corrected chi connectivity index (χ2v) is 13.2. The summed E-state index contributed by atoms with van der Waals surface area (Å²) in [6, 6.07) is 6.05. The van der Waals surface area contributed by atoms with Crippen molar-refractivity contribution in [1.82, 2.24) is 9.80 Å². The van der Waals surface area contributed by atoms with Gasteiger partial charge in [0.05, 0.1) is 5.25 Å². The summed E-state index contributed by atoms with van der Waals surface area (Å²) >= 11 is 0. The summed E-state index contributed by atoms with van der Waals surface area (Å²) in [7, 11) is -3.17. The van der Waals surface area contributed by atoms with Crippen LogP contribution in [0.2, 0.25) is 0 Å². The molecule has 39 heavy (non-hydrogen) atoms. The average molecular weight is 586 g/mol. The van der Waals surface area contributed by atoms with Crippen LogP contribution in [0, 0.1) is 6.92 Å². The van der Waals surface area contributed by atoms with Crippen molar-refractivity contribution in [3.63, 3.8) is 0 Å². The lowest BCUT2D eigenvalue weighted by Crippen LogP contribution is -2.54. The summed E-state index contributed by atoms with van der Waals surface area (Å²) < 4.78 is 105. The van der Waals surface area contributed by atoms with Gasteiger partial charge in [-0.3, -0.25) is 4.90 Å². The fourth-order valence-corrected chi connectivity index (χ4v) is 7.00. The normalized spacial score (nSPS) is 22.7. The molecule has 3 saturated heterocycles. The van der Waals surface area contributed by atoms with Gasteiger partial charge in [-0.25, -0.2) is 13.2 Å². The third kappa shape index (κ3) is 6.58. The highest BCUT2D eigenvalue weighted by Gasteiger charge is 2.60. The zero-order valence-electron chi connectivity index (χ0n) is 21.8. The molecule has 14 heteroatoms. The number of carbonyl (C=O) groups is 1. The quantitative estimate of drug-likeness (QED) is 0.468. The van der Waals surface area contributed by atoms with Gasteiger partial charge >= 0.3 is 18.4 Å². The van der Waals surface area contributed by atoms with Crippen LogP contribution in [0.4, 0.5) is 36.8 Å². The Hall–Kier alpha value is -2.22. The second kappa shape index (κ2) is 10.6. The highest BCUT2D eigenvalue weighted by Crippen LogP contribution is 2.42. The van der Waals surface area contributed by atoms with Gasteiger partial charge < -0.3 is 14.5 Å². The zero-order valence-corrected chi connectivity index (χ0v) is 22.6. The Morgan fingerprint density at radius 1 is 1.05 bits per heavy atom. The summed E-state index contributed by atoms with van der Waals surface area (Å²) in [5.74, 6) is 0. The molecule has 3 fully saturated rings. The van der Waals surface area contributed by atoms with Crippen molar-refractivity contribution < 1.29 is 44.3 Å². The molecular weight excluding hydrogens is 552 g/mol. The molecule has 1 unspecified atom stereocenters. The Balaban J connectivity index is 1.44. The molecule has 0 N–H and O–H groups in total. The lowest BCUT2D eigenvalue weighted by Gasteiger charge is -2.45. The number of sulfone groups is 1. The van der Waals surface area contributed by atoms with Crippen LogP contribution < -0.4 is 4.90 Å². The van der Waals surface area contributed by atoms with Crippen molar-refractivity contribution in [1.29, 1.82) is 0 Å². The Bertz CT molecular complexity index is 1150. The number of piperidine rings is 1. The van der Waals surface area contributed by atoms with E-state index in [1.807, 2.05) is 25.1 Å². The van der Waals surface area contributed by atoms with Crippen LogP contribution in [0.3, 0.4) is 0 Å². The Kier molecular flexibility index (Phi) is 8.12. The number of benzene rings is 1. The molecule has 3 heterocycles. The molecule has 4 rings (SSSR count). The van der Waals surface area contributed by atoms with Crippen LogP contribution in [0.1, 0.15) is 43.2 Å². The lowest BCUT2D eigenvalue weighted by molar-refractivity contribution is -0.308. The molecule has 7 nitrogen and oxygen atoms in total. The van der Waals surface area contributed by atoms with Crippen molar-refractivity contribution in [2.75, 3.05) is 43.9 Å². The molecule has 1 spiro atoms. The molecular formula is C25H33F6N3O4S. The minimum Gasteiger partial charge on any atom is -0.426 e. The molecule has 0 saturated carbocycles. The standard InChI is InChI=1S/C25H33F6N3O4S/c1-17-4-5-18(20(14-17)33-11-6-19(16-33)39(2,36)37)15-34-10-3-7-23(34)8-12-32(13-9-23)22(35)38-21(24(26,27)28)25(29,30)31/h4-5,14,19,21H,3,6-13,15-16H2,1-2H3. The van der Waals surface area contributed by atoms with Crippen molar-refractivity contribution in [2.45, 2.75) is 74.8 Å². The summed E-state index contributed by atoms with van der Waals surface area (Å²) in [5.41, 5.74) is 2.69. The molecule has 220 valence electrons. The number of halogens is 6. The maximum atomic E-state index is 12.8. The van der Waals surface area contributed by atoms with Crippen LogP contribution in [-0.4, -0.2) is 92.5 Å². The van der Waals surface area contributed by atoms with Crippen LogP contribution in [-0.2, 0) is 21.1 Å². The average Bonchev–Trinajstić information content (AvgIpc) is 3.46. The largest absolute Gasteiger partial charge is 0.434 e. The number of hydrogen-bond donors (Lipinski definition) is 0. The number of nitrogens with zero attached hydrogens (tertiary/aromatic N) is 3. The van der Waals surface area contributed by atoms with Crippen LogP contribution in [0.25, 0.3) is 0 Å². The zero-order chi connectivity index (χ0) is 28.8. The molecule has 1 aromatic carbocycles. The van der Waals surface area contributed by atoms with Gasteiger partial charge in [0.2, 0.25) is 0 Å². The number of carbonyl (C=O) groups excluding carboxylic acids is 1. The fourth-order valence-electron chi connectivity index (χ4n) is 6.01. The number of hydrogen-bond acceptors (Lipinski definition) is 6. The van der Waals surface area contributed by atoms with Gasteiger partial charge in [-0.2, -0.15) is 26.3 Å². The smallest absolute Gasteiger partial charge is 0.426 e. The van der Waals surface area contributed by atoms with E-state index in [2.05, 4.69) is 14.5 Å². The highest BCUT2D eigenvalue weighted by atomic mass is 32.2. The van der Waals surface area contributed by atoms with E-state index in [0.717, 1.165) is 41.1 Å². The van der Waals surface area contributed by atoms with E-state index in [4.69, 9.17) is 0 Å². The number of ether oxygens (including phenoxy) is 1. The molecule has 1 amide bonds. The first kappa shape index (κ1) is 29.8. The predicted octanol–water partition coefficient (Wildman–Crippen LogP) is 4.68. The first-order valence-corrected chi connectivity index (χ1v) is 14.8. The van der Waals surface area contributed by atoms with E-state index < -0.39 is 39.6 Å². The lowest BCUT2D eigenvalue weighted by atomic mass is 9.84. The number of rotatable bonds is 5. The van der Waals surface area contributed by atoms with E-state index in [-0.39, 0.29) is 18.6 Å². The maximum Gasteiger partial charge on any atom is 0.434 e. The topological polar surface area (TPSA) is 70.2 Å². The molecule has 3 aliphatic heterocycles. The number of alkyl halides is 6. The Labute approximate surface area is 224 Å². The number of amides is 1. The summed E-state index contributed by atoms with van der Waals surface area (Å²) in [4.78, 5) is 17.5. The molecule has 1 aromatic rings. The summed E-state index contributed by atoms with van der Waals surface area (Å²) in [6.07, 6.45) is -13.0. The summed E-state index contributed by atoms with van der Waals surface area (Å²) in [6.45, 7) is 4.28. The first-order chi connectivity index (χ1) is 18.0. The molecule has 0 aromatic heterocycles.